The quantitative estimate of drug-likeness (QED) is 0.800. The Morgan fingerprint density at radius 1 is 0.938 bits per heavy atom. The second-order valence-electron chi connectivity index (χ2n) is 4.26. The maximum atomic E-state index is 3.48. The maximum absolute atomic E-state index is 3.48. The van der Waals surface area contributed by atoms with E-state index < -0.39 is 0 Å². The second-order valence-corrected chi connectivity index (χ2v) is 4.26. The van der Waals surface area contributed by atoms with E-state index in [0.29, 0.717) is 0 Å². The van der Waals surface area contributed by atoms with Gasteiger partial charge in [-0.2, -0.15) is 0 Å². The van der Waals surface area contributed by atoms with Crippen molar-refractivity contribution in [3.8, 4) is 0 Å². The molecule has 2 saturated heterocycles. The fraction of sp³-hybridized carbons (Fsp3) is 1.00. The van der Waals surface area contributed by atoms with Gasteiger partial charge >= 0.3 is 0 Å². The molecule has 2 rings (SSSR count). The third kappa shape index (κ3) is 6.48. The van der Waals surface area contributed by atoms with Crippen LogP contribution in [0.5, 0.6) is 0 Å². The van der Waals surface area contributed by atoms with Crippen LogP contribution in [-0.2, 0) is 0 Å². The van der Waals surface area contributed by atoms with Crippen molar-refractivity contribution in [2.45, 2.75) is 12.8 Å². The molecule has 2 aliphatic heterocycles. The maximum Gasteiger partial charge on any atom is 0.0107 e. The van der Waals surface area contributed by atoms with Gasteiger partial charge in [0.2, 0.25) is 0 Å². The minimum atomic E-state index is 0. The third-order valence-corrected chi connectivity index (χ3v) is 3.12. The zero-order valence-corrected chi connectivity index (χ0v) is 12.1. The normalized spacial score (nSPS) is 25.9. The van der Waals surface area contributed by atoms with Crippen molar-refractivity contribution in [1.82, 2.24) is 15.5 Å². The van der Waals surface area contributed by atoms with Crippen LogP contribution in [0.4, 0.5) is 0 Å². The van der Waals surface area contributed by atoms with E-state index in [2.05, 4.69) is 15.5 Å². The minimum Gasteiger partial charge on any atom is -0.316 e. The zero-order valence-electron chi connectivity index (χ0n) is 9.61. The molecule has 0 aromatic carbocycles. The first kappa shape index (κ1) is 19.1. The highest BCUT2D eigenvalue weighted by Crippen LogP contribution is 2.11. The van der Waals surface area contributed by atoms with Crippen molar-refractivity contribution < 1.29 is 0 Å². The van der Waals surface area contributed by atoms with Crippen molar-refractivity contribution in [2.24, 2.45) is 5.92 Å². The van der Waals surface area contributed by atoms with Crippen LogP contribution in [0.1, 0.15) is 12.8 Å². The molecule has 0 spiro atoms. The summed E-state index contributed by atoms with van der Waals surface area (Å²) in [4.78, 5) is 2.61. The molecule has 0 bridgehead atoms. The van der Waals surface area contributed by atoms with Crippen LogP contribution < -0.4 is 10.6 Å². The van der Waals surface area contributed by atoms with Crippen molar-refractivity contribution in [3.05, 3.63) is 0 Å². The molecule has 0 amide bonds. The lowest BCUT2D eigenvalue weighted by atomic mass is 9.99. The predicted octanol–water partition coefficient (Wildman–Crippen LogP) is 1.16. The Balaban J connectivity index is 0. The van der Waals surface area contributed by atoms with Crippen LogP contribution in [0.3, 0.4) is 0 Å². The number of rotatable bonds is 2. The molecule has 6 heteroatoms. The zero-order chi connectivity index (χ0) is 8.93. The second kappa shape index (κ2) is 10.9. The Morgan fingerprint density at radius 3 is 2.19 bits per heavy atom. The summed E-state index contributed by atoms with van der Waals surface area (Å²) in [5.41, 5.74) is 0. The van der Waals surface area contributed by atoms with E-state index in [4.69, 9.17) is 0 Å². The van der Waals surface area contributed by atoms with Gasteiger partial charge in [-0.1, -0.05) is 0 Å². The molecule has 2 heterocycles. The predicted molar refractivity (Wildman–Crippen MR) is 76.6 cm³/mol. The van der Waals surface area contributed by atoms with Crippen molar-refractivity contribution >= 4 is 37.2 Å². The van der Waals surface area contributed by atoms with E-state index in [1.165, 1.54) is 58.7 Å². The van der Waals surface area contributed by atoms with Gasteiger partial charge in [0, 0.05) is 32.7 Å². The fourth-order valence-corrected chi connectivity index (χ4v) is 2.34. The summed E-state index contributed by atoms with van der Waals surface area (Å²) in [6.45, 7) is 8.64. The highest BCUT2D eigenvalue weighted by Gasteiger charge is 2.17. The fourth-order valence-electron chi connectivity index (χ4n) is 2.34. The largest absolute Gasteiger partial charge is 0.316 e. The summed E-state index contributed by atoms with van der Waals surface area (Å²) in [6, 6.07) is 0. The molecule has 0 radical (unpaired) electrons. The van der Waals surface area contributed by atoms with Gasteiger partial charge in [0.15, 0.2) is 0 Å². The summed E-state index contributed by atoms with van der Waals surface area (Å²) < 4.78 is 0. The molecule has 2 fully saturated rings. The van der Waals surface area contributed by atoms with Gasteiger partial charge in [-0.3, -0.25) is 0 Å². The molecule has 3 nitrogen and oxygen atoms in total. The molecule has 0 aromatic rings. The van der Waals surface area contributed by atoms with Crippen LogP contribution in [0.25, 0.3) is 0 Å². The molecular weight excluding hydrogens is 268 g/mol. The van der Waals surface area contributed by atoms with Gasteiger partial charge in [0.05, 0.1) is 0 Å². The Kier molecular flexibility index (Phi) is 13.0. The average Bonchev–Trinajstić information content (AvgIpc) is 2.21. The molecule has 1 unspecified atom stereocenters. The van der Waals surface area contributed by atoms with E-state index in [1.807, 2.05) is 0 Å². The molecule has 0 saturated carbocycles. The molecule has 16 heavy (non-hydrogen) atoms. The van der Waals surface area contributed by atoms with E-state index >= 15 is 0 Å². The lowest BCUT2D eigenvalue weighted by molar-refractivity contribution is 0.188. The van der Waals surface area contributed by atoms with Crippen molar-refractivity contribution in [3.63, 3.8) is 0 Å². The molecule has 0 aliphatic carbocycles. The van der Waals surface area contributed by atoms with Crippen LogP contribution in [0.2, 0.25) is 0 Å². The summed E-state index contributed by atoms with van der Waals surface area (Å²) in [6.07, 6.45) is 2.80. The van der Waals surface area contributed by atoms with Gasteiger partial charge in [0.25, 0.3) is 0 Å². The number of nitrogens with one attached hydrogen (secondary N) is 2. The molecular formula is C10H24Cl3N3. The van der Waals surface area contributed by atoms with Crippen molar-refractivity contribution in [1.29, 1.82) is 0 Å². The molecule has 100 valence electrons. The van der Waals surface area contributed by atoms with E-state index in [0.717, 1.165) is 5.92 Å². The number of nitrogens with zero attached hydrogens (tertiary/aromatic N) is 1. The molecule has 2 N–H and O–H groups in total. The molecule has 0 aromatic heterocycles. The Bertz CT molecular complexity index is 132. The smallest absolute Gasteiger partial charge is 0.0107 e. The summed E-state index contributed by atoms with van der Waals surface area (Å²) in [5, 5.41) is 6.88. The minimum absolute atomic E-state index is 0. The number of hydrogen-bond donors (Lipinski definition) is 2. The Labute approximate surface area is 117 Å². The number of piperazine rings is 1. The van der Waals surface area contributed by atoms with E-state index in [1.54, 1.807) is 0 Å². The Morgan fingerprint density at radius 2 is 1.62 bits per heavy atom. The Hall–Kier alpha value is 0.750. The standard InChI is InChI=1S/C10H21N3.3ClH/c1-2-10(8-12-3-1)9-13-6-4-11-5-7-13;;;/h10-12H,1-9H2;3*1H. The van der Waals surface area contributed by atoms with E-state index in [9.17, 15) is 0 Å². The summed E-state index contributed by atoms with van der Waals surface area (Å²) in [5.74, 6) is 0.909. The number of piperidine rings is 1. The lowest BCUT2D eigenvalue weighted by Crippen LogP contribution is -2.47. The van der Waals surface area contributed by atoms with Gasteiger partial charge in [-0.05, 0) is 31.8 Å². The first-order chi connectivity index (χ1) is 6.45. The molecule has 1 atom stereocenters. The SMILES string of the molecule is C1CNCC(CN2CCNCC2)C1.Cl.Cl.Cl. The average molecular weight is 293 g/mol. The van der Waals surface area contributed by atoms with Gasteiger partial charge < -0.3 is 15.5 Å². The number of halogens is 3. The topological polar surface area (TPSA) is 27.3 Å². The third-order valence-electron chi connectivity index (χ3n) is 3.12. The lowest BCUT2D eigenvalue weighted by Gasteiger charge is -2.32. The molecule has 2 aliphatic rings. The van der Waals surface area contributed by atoms with Crippen molar-refractivity contribution in [2.75, 3.05) is 45.8 Å². The van der Waals surface area contributed by atoms with E-state index in [-0.39, 0.29) is 37.2 Å². The van der Waals surface area contributed by atoms with Crippen LogP contribution in [0.15, 0.2) is 0 Å². The van der Waals surface area contributed by atoms with Crippen LogP contribution in [-0.4, -0.2) is 50.7 Å². The highest BCUT2D eigenvalue weighted by molar-refractivity contribution is 5.86. The number of hydrogen-bond acceptors (Lipinski definition) is 3. The first-order valence-corrected chi connectivity index (χ1v) is 5.59. The van der Waals surface area contributed by atoms with Gasteiger partial charge in [-0.15, -0.1) is 37.2 Å². The summed E-state index contributed by atoms with van der Waals surface area (Å²) >= 11 is 0. The van der Waals surface area contributed by atoms with Gasteiger partial charge in [-0.25, -0.2) is 0 Å². The van der Waals surface area contributed by atoms with Crippen LogP contribution >= 0.6 is 37.2 Å². The highest BCUT2D eigenvalue weighted by atomic mass is 35.5. The first-order valence-electron chi connectivity index (χ1n) is 5.59. The summed E-state index contributed by atoms with van der Waals surface area (Å²) in [7, 11) is 0. The van der Waals surface area contributed by atoms with Crippen LogP contribution in [0, 0.1) is 5.92 Å². The monoisotopic (exact) mass is 291 g/mol. The van der Waals surface area contributed by atoms with Gasteiger partial charge in [0.1, 0.15) is 0 Å².